The molecule has 4 nitrogen and oxygen atoms in total. The van der Waals surface area contributed by atoms with E-state index in [1.165, 1.54) is 0 Å². The molecular weight excluding hydrogens is 194 g/mol. The smallest absolute Gasteiger partial charge is 0.408 e. The molecule has 0 saturated heterocycles. The Morgan fingerprint density at radius 3 is 2.53 bits per heavy atom. The summed E-state index contributed by atoms with van der Waals surface area (Å²) in [5.74, 6) is 0. The van der Waals surface area contributed by atoms with Crippen molar-refractivity contribution in [3.8, 4) is 0 Å². The molecule has 0 aromatic carbocycles. The van der Waals surface area contributed by atoms with Gasteiger partial charge in [-0.05, 0) is 33.6 Å². The second-order valence-corrected chi connectivity index (χ2v) is 4.78. The minimum Gasteiger partial charge on any atom is -0.444 e. The van der Waals surface area contributed by atoms with Crippen LogP contribution in [0, 0.1) is 0 Å². The summed E-state index contributed by atoms with van der Waals surface area (Å²) in [4.78, 5) is 11.4. The highest BCUT2D eigenvalue weighted by Gasteiger charge is 2.20. The van der Waals surface area contributed by atoms with Gasteiger partial charge in [0.05, 0.1) is 12.1 Å². The third kappa shape index (κ3) is 4.83. The Morgan fingerprint density at radius 1 is 1.40 bits per heavy atom. The van der Waals surface area contributed by atoms with Gasteiger partial charge in [-0.15, -0.1) is 0 Å². The molecule has 86 valence electrons. The van der Waals surface area contributed by atoms with Gasteiger partial charge in [-0.3, -0.25) is 0 Å². The molecule has 2 N–H and O–H groups in total. The van der Waals surface area contributed by atoms with Crippen LogP contribution in [0.5, 0.6) is 0 Å². The van der Waals surface area contributed by atoms with Gasteiger partial charge in [-0.2, -0.15) is 0 Å². The predicted molar refractivity (Wildman–Crippen MR) is 57.5 cm³/mol. The molecule has 0 bridgehead atoms. The minimum absolute atomic E-state index is 0.0248. The molecule has 0 fully saturated rings. The van der Waals surface area contributed by atoms with E-state index in [2.05, 4.69) is 5.32 Å². The van der Waals surface area contributed by atoms with Crippen LogP contribution in [0.2, 0.25) is 0 Å². The van der Waals surface area contributed by atoms with Gasteiger partial charge >= 0.3 is 6.09 Å². The van der Waals surface area contributed by atoms with Crippen molar-refractivity contribution in [2.45, 2.75) is 51.4 Å². The molecule has 4 heteroatoms. The molecule has 0 radical (unpaired) electrons. The first-order valence-corrected chi connectivity index (χ1v) is 5.23. The van der Waals surface area contributed by atoms with E-state index in [1.54, 1.807) is 12.2 Å². The number of carbonyl (C=O) groups is 1. The van der Waals surface area contributed by atoms with E-state index in [0.717, 1.165) is 6.42 Å². The van der Waals surface area contributed by atoms with Crippen LogP contribution in [0.3, 0.4) is 0 Å². The SMILES string of the molecule is CC(C)(C)OC(=O)NC1C=CC(O)CC1. The van der Waals surface area contributed by atoms with Gasteiger partial charge in [-0.25, -0.2) is 4.79 Å². The molecular formula is C11H19NO3. The molecule has 0 heterocycles. The summed E-state index contributed by atoms with van der Waals surface area (Å²) in [5.41, 5.74) is -0.470. The van der Waals surface area contributed by atoms with Crippen LogP contribution in [-0.2, 0) is 4.74 Å². The van der Waals surface area contributed by atoms with Crippen molar-refractivity contribution in [2.75, 3.05) is 0 Å². The van der Waals surface area contributed by atoms with E-state index >= 15 is 0 Å². The summed E-state index contributed by atoms with van der Waals surface area (Å²) in [6.07, 6.45) is 4.15. The highest BCUT2D eigenvalue weighted by atomic mass is 16.6. The Bertz CT molecular complexity index is 255. The van der Waals surface area contributed by atoms with Gasteiger partial charge in [0.25, 0.3) is 0 Å². The molecule has 2 atom stereocenters. The Hall–Kier alpha value is -1.03. The highest BCUT2D eigenvalue weighted by Crippen LogP contribution is 2.12. The lowest BCUT2D eigenvalue weighted by molar-refractivity contribution is 0.0506. The van der Waals surface area contributed by atoms with Gasteiger partial charge in [-0.1, -0.05) is 12.2 Å². The molecule has 1 aliphatic carbocycles. The molecule has 0 aliphatic heterocycles. The standard InChI is InChI=1S/C11H19NO3/c1-11(2,3)15-10(14)12-8-4-6-9(13)7-5-8/h4,6,8-9,13H,5,7H2,1-3H3,(H,12,14). The fourth-order valence-electron chi connectivity index (χ4n) is 1.38. The van der Waals surface area contributed by atoms with Crippen LogP contribution in [-0.4, -0.2) is 28.9 Å². The Balaban J connectivity index is 2.36. The first kappa shape index (κ1) is 12.0. The molecule has 1 aliphatic rings. The summed E-state index contributed by atoms with van der Waals surface area (Å²) in [6.45, 7) is 5.48. The van der Waals surface area contributed by atoms with Gasteiger partial charge in [0.15, 0.2) is 0 Å². The Labute approximate surface area is 90.3 Å². The summed E-state index contributed by atoms with van der Waals surface area (Å²) in [5, 5.41) is 12.0. The number of hydrogen-bond donors (Lipinski definition) is 2. The third-order valence-electron chi connectivity index (χ3n) is 2.04. The second kappa shape index (κ2) is 4.66. The van der Waals surface area contributed by atoms with E-state index in [4.69, 9.17) is 4.74 Å². The molecule has 1 amide bonds. The fraction of sp³-hybridized carbons (Fsp3) is 0.727. The molecule has 0 aromatic heterocycles. The molecule has 0 saturated carbocycles. The zero-order valence-electron chi connectivity index (χ0n) is 9.49. The topological polar surface area (TPSA) is 58.6 Å². The third-order valence-corrected chi connectivity index (χ3v) is 2.04. The maximum Gasteiger partial charge on any atom is 0.408 e. The van der Waals surface area contributed by atoms with Crippen molar-refractivity contribution in [1.29, 1.82) is 0 Å². The van der Waals surface area contributed by atoms with Crippen molar-refractivity contribution in [1.82, 2.24) is 5.32 Å². The monoisotopic (exact) mass is 213 g/mol. The number of carbonyl (C=O) groups excluding carboxylic acids is 1. The second-order valence-electron chi connectivity index (χ2n) is 4.78. The largest absolute Gasteiger partial charge is 0.444 e. The number of rotatable bonds is 1. The normalized spacial score (nSPS) is 26.1. The van der Waals surface area contributed by atoms with Crippen LogP contribution < -0.4 is 5.32 Å². The summed E-state index contributed by atoms with van der Waals surface area (Å²) in [7, 11) is 0. The van der Waals surface area contributed by atoms with E-state index in [-0.39, 0.29) is 12.1 Å². The van der Waals surface area contributed by atoms with Crippen LogP contribution >= 0.6 is 0 Å². The summed E-state index contributed by atoms with van der Waals surface area (Å²) in [6, 6.07) is -0.0248. The van der Waals surface area contributed by atoms with Crippen molar-refractivity contribution in [3.63, 3.8) is 0 Å². The lowest BCUT2D eigenvalue weighted by atomic mass is 10.0. The maximum atomic E-state index is 11.4. The Kier molecular flexibility index (Phi) is 3.74. The van der Waals surface area contributed by atoms with E-state index in [9.17, 15) is 9.90 Å². The van der Waals surface area contributed by atoms with E-state index < -0.39 is 11.7 Å². The first-order valence-electron chi connectivity index (χ1n) is 5.23. The average Bonchev–Trinajstić information content (AvgIpc) is 2.05. The zero-order chi connectivity index (χ0) is 11.5. The number of aliphatic hydroxyl groups is 1. The minimum atomic E-state index is -0.470. The lowest BCUT2D eigenvalue weighted by Crippen LogP contribution is -2.39. The van der Waals surface area contributed by atoms with Gasteiger partial charge in [0, 0.05) is 0 Å². The zero-order valence-corrected chi connectivity index (χ0v) is 9.49. The summed E-state index contributed by atoms with van der Waals surface area (Å²) >= 11 is 0. The van der Waals surface area contributed by atoms with Crippen molar-refractivity contribution >= 4 is 6.09 Å². The molecule has 1 rings (SSSR count). The number of ether oxygens (including phenoxy) is 1. The lowest BCUT2D eigenvalue weighted by Gasteiger charge is -2.24. The van der Waals surface area contributed by atoms with Gasteiger partial charge < -0.3 is 15.2 Å². The van der Waals surface area contributed by atoms with E-state index in [0.29, 0.717) is 6.42 Å². The van der Waals surface area contributed by atoms with Crippen molar-refractivity contribution in [3.05, 3.63) is 12.2 Å². The first-order chi connectivity index (χ1) is 6.87. The van der Waals surface area contributed by atoms with Crippen molar-refractivity contribution < 1.29 is 14.6 Å². The predicted octanol–water partition coefficient (Wildman–Crippen LogP) is 1.59. The Morgan fingerprint density at radius 2 is 2.07 bits per heavy atom. The fourth-order valence-corrected chi connectivity index (χ4v) is 1.38. The van der Waals surface area contributed by atoms with Gasteiger partial charge in [0.1, 0.15) is 5.60 Å². The number of alkyl carbamates (subject to hydrolysis) is 1. The van der Waals surface area contributed by atoms with Crippen LogP contribution in [0.1, 0.15) is 33.6 Å². The number of aliphatic hydroxyl groups excluding tert-OH is 1. The van der Waals surface area contributed by atoms with Crippen LogP contribution in [0.25, 0.3) is 0 Å². The molecule has 0 aromatic rings. The number of nitrogens with one attached hydrogen (secondary N) is 1. The van der Waals surface area contributed by atoms with E-state index in [1.807, 2.05) is 20.8 Å². The molecule has 0 spiro atoms. The van der Waals surface area contributed by atoms with Crippen LogP contribution in [0.4, 0.5) is 4.79 Å². The molecule has 2 unspecified atom stereocenters. The number of amides is 1. The van der Waals surface area contributed by atoms with Crippen molar-refractivity contribution in [2.24, 2.45) is 0 Å². The van der Waals surface area contributed by atoms with Crippen LogP contribution in [0.15, 0.2) is 12.2 Å². The molecule has 15 heavy (non-hydrogen) atoms. The number of hydrogen-bond acceptors (Lipinski definition) is 3. The summed E-state index contributed by atoms with van der Waals surface area (Å²) < 4.78 is 5.12. The van der Waals surface area contributed by atoms with Gasteiger partial charge in [0.2, 0.25) is 0 Å². The highest BCUT2D eigenvalue weighted by molar-refractivity contribution is 5.68. The maximum absolute atomic E-state index is 11.4. The quantitative estimate of drug-likeness (QED) is 0.650. The average molecular weight is 213 g/mol.